The van der Waals surface area contributed by atoms with Crippen LogP contribution < -0.4 is 5.73 Å². The van der Waals surface area contributed by atoms with Gasteiger partial charge in [-0.15, -0.1) is 11.3 Å². The fraction of sp³-hybridized carbons (Fsp3) is 0.267. The summed E-state index contributed by atoms with van der Waals surface area (Å²) >= 11 is 1.55. The number of nitrogens with zero attached hydrogens (tertiary/aromatic N) is 2. The number of nitrogens with two attached hydrogens (primary N) is 1. The molecule has 0 aliphatic rings. The Balaban J connectivity index is 2.43. The zero-order valence-electron chi connectivity index (χ0n) is 11.6. The third-order valence-corrected chi connectivity index (χ3v) is 4.50. The summed E-state index contributed by atoms with van der Waals surface area (Å²) in [7, 11) is 2.10. The van der Waals surface area contributed by atoms with Crippen molar-refractivity contribution in [3.63, 3.8) is 0 Å². The number of fused-ring (bicyclic) bond motifs is 1. The standard InChI is InChI=1S/C15H17N3S/c1-8-5-6-12-11(7-8)13(9(2)18(12)4)14-10(3)19-15(16)17-14/h5-7H,1-4H3,(H2,16,17). The van der Waals surface area contributed by atoms with E-state index in [-0.39, 0.29) is 0 Å². The molecule has 0 unspecified atom stereocenters. The van der Waals surface area contributed by atoms with E-state index >= 15 is 0 Å². The lowest BCUT2D eigenvalue weighted by Crippen LogP contribution is -1.91. The summed E-state index contributed by atoms with van der Waals surface area (Å²) < 4.78 is 2.22. The van der Waals surface area contributed by atoms with Gasteiger partial charge in [-0.3, -0.25) is 0 Å². The zero-order valence-corrected chi connectivity index (χ0v) is 12.4. The molecule has 3 aromatic rings. The Kier molecular flexibility index (Phi) is 2.64. The number of rotatable bonds is 1. The Morgan fingerprint density at radius 3 is 2.58 bits per heavy atom. The Hall–Kier alpha value is -1.81. The van der Waals surface area contributed by atoms with E-state index in [4.69, 9.17) is 5.73 Å². The van der Waals surface area contributed by atoms with E-state index < -0.39 is 0 Å². The molecule has 0 aliphatic heterocycles. The van der Waals surface area contributed by atoms with Crippen molar-refractivity contribution in [1.82, 2.24) is 9.55 Å². The summed E-state index contributed by atoms with van der Waals surface area (Å²) in [5.74, 6) is 0. The van der Waals surface area contributed by atoms with Crippen LogP contribution in [0.4, 0.5) is 5.13 Å². The lowest BCUT2D eigenvalue weighted by molar-refractivity contribution is 0.919. The smallest absolute Gasteiger partial charge is 0.180 e. The van der Waals surface area contributed by atoms with Crippen molar-refractivity contribution in [3.8, 4) is 11.3 Å². The fourth-order valence-electron chi connectivity index (χ4n) is 2.63. The third kappa shape index (κ3) is 1.75. The first-order chi connectivity index (χ1) is 8.99. The van der Waals surface area contributed by atoms with Gasteiger partial charge in [-0.1, -0.05) is 11.6 Å². The number of aromatic nitrogens is 2. The molecule has 0 spiro atoms. The van der Waals surface area contributed by atoms with Crippen molar-refractivity contribution in [3.05, 3.63) is 34.3 Å². The maximum absolute atomic E-state index is 5.85. The molecular weight excluding hydrogens is 254 g/mol. The highest BCUT2D eigenvalue weighted by Crippen LogP contribution is 2.37. The molecule has 0 radical (unpaired) electrons. The molecule has 4 heteroatoms. The van der Waals surface area contributed by atoms with Gasteiger partial charge in [0.15, 0.2) is 5.13 Å². The molecule has 0 aliphatic carbocycles. The van der Waals surface area contributed by atoms with Gasteiger partial charge in [0.2, 0.25) is 0 Å². The minimum atomic E-state index is 0.636. The SMILES string of the molecule is Cc1ccc2c(c1)c(-c1nc(N)sc1C)c(C)n2C. The molecule has 1 aromatic carbocycles. The van der Waals surface area contributed by atoms with Gasteiger partial charge in [-0.25, -0.2) is 4.98 Å². The minimum Gasteiger partial charge on any atom is -0.375 e. The van der Waals surface area contributed by atoms with Gasteiger partial charge in [-0.2, -0.15) is 0 Å². The zero-order chi connectivity index (χ0) is 13.7. The third-order valence-electron chi connectivity index (χ3n) is 3.70. The maximum Gasteiger partial charge on any atom is 0.180 e. The summed E-state index contributed by atoms with van der Waals surface area (Å²) in [6.07, 6.45) is 0. The van der Waals surface area contributed by atoms with E-state index in [0.29, 0.717) is 5.13 Å². The maximum atomic E-state index is 5.85. The van der Waals surface area contributed by atoms with E-state index in [9.17, 15) is 0 Å². The predicted molar refractivity (Wildman–Crippen MR) is 82.7 cm³/mol. The van der Waals surface area contributed by atoms with Gasteiger partial charge in [-0.05, 0) is 32.9 Å². The van der Waals surface area contributed by atoms with Crippen LogP contribution in [0, 0.1) is 20.8 Å². The molecule has 2 heterocycles. The highest BCUT2D eigenvalue weighted by atomic mass is 32.1. The second kappa shape index (κ2) is 4.10. The topological polar surface area (TPSA) is 43.8 Å². The Morgan fingerprint density at radius 2 is 1.95 bits per heavy atom. The number of hydrogen-bond acceptors (Lipinski definition) is 3. The van der Waals surface area contributed by atoms with Crippen molar-refractivity contribution in [2.45, 2.75) is 20.8 Å². The molecule has 19 heavy (non-hydrogen) atoms. The molecule has 2 N–H and O–H groups in total. The molecule has 0 saturated carbocycles. The molecule has 0 atom stereocenters. The molecule has 2 aromatic heterocycles. The van der Waals surface area contributed by atoms with Crippen LogP contribution in [0.2, 0.25) is 0 Å². The molecular formula is C15H17N3S. The fourth-order valence-corrected chi connectivity index (χ4v) is 3.33. The summed E-state index contributed by atoms with van der Waals surface area (Å²) in [4.78, 5) is 5.69. The van der Waals surface area contributed by atoms with Crippen molar-refractivity contribution in [1.29, 1.82) is 0 Å². The number of benzene rings is 1. The number of aryl methyl sites for hydroxylation is 3. The quantitative estimate of drug-likeness (QED) is 0.731. The molecule has 3 nitrogen and oxygen atoms in total. The van der Waals surface area contributed by atoms with E-state index in [1.807, 2.05) is 0 Å². The van der Waals surface area contributed by atoms with Gasteiger partial charge in [0.25, 0.3) is 0 Å². The van der Waals surface area contributed by atoms with Crippen LogP contribution in [-0.4, -0.2) is 9.55 Å². The molecule has 0 saturated heterocycles. The average Bonchev–Trinajstić information content (AvgIpc) is 2.78. The van der Waals surface area contributed by atoms with Crippen LogP contribution in [0.1, 0.15) is 16.1 Å². The van der Waals surface area contributed by atoms with Crippen LogP contribution in [0.15, 0.2) is 18.2 Å². The number of anilines is 1. The van der Waals surface area contributed by atoms with Crippen molar-refractivity contribution >= 4 is 27.4 Å². The molecule has 0 bridgehead atoms. The number of nitrogen functional groups attached to an aromatic ring is 1. The first-order valence-electron chi connectivity index (χ1n) is 6.28. The van der Waals surface area contributed by atoms with Gasteiger partial charge >= 0.3 is 0 Å². The summed E-state index contributed by atoms with van der Waals surface area (Å²) in [5, 5.41) is 1.89. The van der Waals surface area contributed by atoms with Crippen molar-refractivity contribution in [2.24, 2.45) is 7.05 Å². The Morgan fingerprint density at radius 1 is 1.21 bits per heavy atom. The van der Waals surface area contributed by atoms with Crippen molar-refractivity contribution < 1.29 is 0 Å². The lowest BCUT2D eigenvalue weighted by Gasteiger charge is -2.00. The van der Waals surface area contributed by atoms with E-state index in [1.54, 1.807) is 11.3 Å². The normalized spacial score (nSPS) is 11.4. The van der Waals surface area contributed by atoms with E-state index in [0.717, 1.165) is 5.69 Å². The molecule has 3 rings (SSSR count). The van der Waals surface area contributed by atoms with E-state index in [1.165, 1.54) is 32.6 Å². The van der Waals surface area contributed by atoms with Gasteiger partial charge < -0.3 is 10.3 Å². The largest absolute Gasteiger partial charge is 0.375 e. The van der Waals surface area contributed by atoms with E-state index in [2.05, 4.69) is 55.6 Å². The predicted octanol–water partition coefficient (Wildman–Crippen LogP) is 3.81. The molecule has 0 fully saturated rings. The molecule has 0 amide bonds. The summed E-state index contributed by atoms with van der Waals surface area (Å²) in [6.45, 7) is 6.34. The van der Waals surface area contributed by atoms with Gasteiger partial charge in [0.1, 0.15) is 0 Å². The second-order valence-corrected chi connectivity index (χ2v) is 6.23. The highest BCUT2D eigenvalue weighted by Gasteiger charge is 2.18. The summed E-state index contributed by atoms with van der Waals surface area (Å²) in [5.41, 5.74) is 11.8. The molecule has 98 valence electrons. The Bertz CT molecular complexity index is 780. The summed E-state index contributed by atoms with van der Waals surface area (Å²) in [6, 6.07) is 6.55. The first-order valence-corrected chi connectivity index (χ1v) is 7.09. The number of hydrogen-bond donors (Lipinski definition) is 1. The second-order valence-electron chi connectivity index (χ2n) is 5.00. The van der Waals surface area contributed by atoms with Crippen LogP contribution in [0.3, 0.4) is 0 Å². The number of thiazole rings is 1. The average molecular weight is 271 g/mol. The van der Waals surface area contributed by atoms with Crippen LogP contribution >= 0.6 is 11.3 Å². The first kappa shape index (κ1) is 12.2. The highest BCUT2D eigenvalue weighted by molar-refractivity contribution is 7.15. The minimum absolute atomic E-state index is 0.636. The van der Waals surface area contributed by atoms with Gasteiger partial charge in [0, 0.05) is 34.1 Å². The monoisotopic (exact) mass is 271 g/mol. The van der Waals surface area contributed by atoms with Gasteiger partial charge in [0.05, 0.1) is 5.69 Å². The van der Waals surface area contributed by atoms with Crippen LogP contribution in [0.5, 0.6) is 0 Å². The lowest BCUT2D eigenvalue weighted by atomic mass is 10.1. The van der Waals surface area contributed by atoms with Crippen LogP contribution in [0.25, 0.3) is 22.2 Å². The van der Waals surface area contributed by atoms with Crippen molar-refractivity contribution in [2.75, 3.05) is 5.73 Å². The Labute approximate surface area is 116 Å². The van der Waals surface area contributed by atoms with Crippen LogP contribution in [-0.2, 0) is 7.05 Å².